The monoisotopic (exact) mass is 350 g/mol. The van der Waals surface area contributed by atoms with Gasteiger partial charge in [0, 0.05) is 10.9 Å². The van der Waals surface area contributed by atoms with Crippen LogP contribution >= 0.6 is 0 Å². The Hall–Kier alpha value is -3.41. The topological polar surface area (TPSA) is 77.5 Å². The number of methoxy groups -OCH3 is 2. The minimum Gasteiger partial charge on any atom is -0.497 e. The van der Waals surface area contributed by atoms with E-state index in [-0.39, 0.29) is 12.5 Å². The first kappa shape index (κ1) is 17.4. The molecule has 1 amide bonds. The van der Waals surface area contributed by atoms with E-state index >= 15 is 0 Å². The third kappa shape index (κ3) is 3.64. The van der Waals surface area contributed by atoms with Crippen LogP contribution in [0.3, 0.4) is 0 Å². The van der Waals surface area contributed by atoms with Crippen molar-refractivity contribution in [2.45, 2.75) is 0 Å². The van der Waals surface area contributed by atoms with Crippen LogP contribution in [0, 0.1) is 0 Å². The highest BCUT2D eigenvalue weighted by Crippen LogP contribution is 2.27. The van der Waals surface area contributed by atoms with Crippen LogP contribution in [0.15, 0.2) is 54.6 Å². The highest BCUT2D eigenvalue weighted by Gasteiger charge is 2.15. The number of esters is 1. The molecular formula is C20H18N2O4. The maximum atomic E-state index is 12.6. The van der Waals surface area contributed by atoms with Gasteiger partial charge in [0.15, 0.2) is 0 Å². The summed E-state index contributed by atoms with van der Waals surface area (Å²) < 4.78 is 9.82. The average molecular weight is 350 g/mol. The molecule has 0 aliphatic carbocycles. The van der Waals surface area contributed by atoms with E-state index in [1.54, 1.807) is 13.2 Å². The van der Waals surface area contributed by atoms with E-state index in [9.17, 15) is 9.59 Å². The number of nitrogens with zero attached hydrogens (tertiary/aromatic N) is 1. The molecule has 1 N–H and O–H groups in total. The number of nitrogens with one attached hydrogen (secondary N) is 1. The Kier molecular flexibility index (Phi) is 5.12. The van der Waals surface area contributed by atoms with E-state index in [1.165, 1.54) is 7.11 Å². The highest BCUT2D eigenvalue weighted by molar-refractivity contribution is 6.07. The number of amides is 1. The molecule has 0 aliphatic heterocycles. The van der Waals surface area contributed by atoms with Gasteiger partial charge in [0.2, 0.25) is 0 Å². The van der Waals surface area contributed by atoms with Gasteiger partial charge in [-0.25, -0.2) is 4.98 Å². The molecule has 2 aromatic carbocycles. The highest BCUT2D eigenvalue weighted by atomic mass is 16.5. The lowest BCUT2D eigenvalue weighted by atomic mass is 10.0. The number of rotatable bonds is 5. The maximum Gasteiger partial charge on any atom is 0.325 e. The SMILES string of the molecule is COC(=O)CNC(=O)c1cc(-c2cccc(OC)c2)nc2ccccc12. The molecule has 1 heterocycles. The Bertz CT molecular complexity index is 969. The van der Waals surface area contributed by atoms with Crippen molar-refractivity contribution in [2.24, 2.45) is 0 Å². The van der Waals surface area contributed by atoms with Gasteiger partial charge in [-0.1, -0.05) is 30.3 Å². The van der Waals surface area contributed by atoms with Crippen LogP contribution in [0.5, 0.6) is 5.75 Å². The van der Waals surface area contributed by atoms with Crippen molar-refractivity contribution in [3.63, 3.8) is 0 Å². The molecule has 1 aromatic heterocycles. The molecule has 0 fully saturated rings. The van der Waals surface area contributed by atoms with Crippen molar-refractivity contribution < 1.29 is 19.1 Å². The Morgan fingerprint density at radius 3 is 2.62 bits per heavy atom. The molecule has 0 radical (unpaired) electrons. The number of benzene rings is 2. The van der Waals surface area contributed by atoms with E-state index in [0.717, 1.165) is 5.56 Å². The van der Waals surface area contributed by atoms with Gasteiger partial charge >= 0.3 is 5.97 Å². The zero-order valence-electron chi connectivity index (χ0n) is 14.5. The molecule has 0 atom stereocenters. The first-order chi connectivity index (χ1) is 12.6. The van der Waals surface area contributed by atoms with Crippen molar-refractivity contribution in [3.05, 3.63) is 60.2 Å². The number of fused-ring (bicyclic) bond motifs is 1. The fourth-order valence-electron chi connectivity index (χ4n) is 2.61. The zero-order chi connectivity index (χ0) is 18.5. The van der Waals surface area contributed by atoms with E-state index in [1.807, 2.05) is 48.5 Å². The van der Waals surface area contributed by atoms with E-state index in [0.29, 0.717) is 27.9 Å². The van der Waals surface area contributed by atoms with E-state index < -0.39 is 5.97 Å². The summed E-state index contributed by atoms with van der Waals surface area (Å²) in [4.78, 5) is 28.6. The van der Waals surface area contributed by atoms with Crippen LogP contribution in [-0.4, -0.2) is 37.6 Å². The third-order valence-corrected chi connectivity index (χ3v) is 3.95. The molecule has 0 spiro atoms. The van der Waals surface area contributed by atoms with Crippen LogP contribution in [-0.2, 0) is 9.53 Å². The summed E-state index contributed by atoms with van der Waals surface area (Å²) in [5, 5.41) is 3.29. The molecular weight excluding hydrogens is 332 g/mol. The molecule has 3 rings (SSSR count). The molecule has 0 aliphatic rings. The first-order valence-corrected chi connectivity index (χ1v) is 8.01. The summed E-state index contributed by atoms with van der Waals surface area (Å²) in [5.41, 5.74) is 2.61. The smallest absolute Gasteiger partial charge is 0.325 e. The number of ether oxygens (including phenoxy) is 2. The Balaban J connectivity index is 2.06. The van der Waals surface area contributed by atoms with Crippen molar-refractivity contribution in [3.8, 4) is 17.0 Å². The van der Waals surface area contributed by atoms with Gasteiger partial charge in [0.1, 0.15) is 12.3 Å². The van der Waals surface area contributed by atoms with Crippen LogP contribution < -0.4 is 10.1 Å². The lowest BCUT2D eigenvalue weighted by molar-refractivity contribution is -0.139. The Labute approximate surface area is 150 Å². The molecule has 0 saturated heterocycles. The number of aromatic nitrogens is 1. The van der Waals surface area contributed by atoms with Crippen LogP contribution in [0.1, 0.15) is 10.4 Å². The van der Waals surface area contributed by atoms with Crippen molar-refractivity contribution >= 4 is 22.8 Å². The summed E-state index contributed by atoms with van der Waals surface area (Å²) in [6, 6.07) is 16.5. The number of hydrogen-bond donors (Lipinski definition) is 1. The fourth-order valence-corrected chi connectivity index (χ4v) is 2.61. The van der Waals surface area contributed by atoms with Crippen LogP contribution in [0.25, 0.3) is 22.2 Å². The predicted octanol–water partition coefficient (Wildman–Crippen LogP) is 2.81. The van der Waals surface area contributed by atoms with Gasteiger partial charge in [-0.05, 0) is 24.3 Å². The second-order valence-electron chi connectivity index (χ2n) is 5.56. The average Bonchev–Trinajstić information content (AvgIpc) is 2.70. The van der Waals surface area contributed by atoms with Crippen molar-refractivity contribution in [1.29, 1.82) is 0 Å². The van der Waals surface area contributed by atoms with Gasteiger partial charge in [-0.2, -0.15) is 0 Å². The van der Waals surface area contributed by atoms with Crippen molar-refractivity contribution in [1.82, 2.24) is 10.3 Å². The molecule has 6 heteroatoms. The van der Waals surface area contributed by atoms with Gasteiger partial charge in [-0.3, -0.25) is 9.59 Å². The molecule has 132 valence electrons. The minimum absolute atomic E-state index is 0.194. The fraction of sp³-hybridized carbons (Fsp3) is 0.150. The summed E-state index contributed by atoms with van der Waals surface area (Å²) in [7, 11) is 2.87. The third-order valence-electron chi connectivity index (χ3n) is 3.95. The number of carbonyl (C=O) groups is 2. The molecule has 0 unspecified atom stereocenters. The lowest BCUT2D eigenvalue weighted by Gasteiger charge is -2.11. The largest absolute Gasteiger partial charge is 0.497 e. The van der Waals surface area contributed by atoms with Crippen LogP contribution in [0.4, 0.5) is 0 Å². The molecule has 3 aromatic rings. The first-order valence-electron chi connectivity index (χ1n) is 8.01. The second kappa shape index (κ2) is 7.65. The van der Waals surface area contributed by atoms with Gasteiger partial charge in [0.05, 0.1) is 31.0 Å². The normalized spacial score (nSPS) is 10.4. The molecule has 26 heavy (non-hydrogen) atoms. The maximum absolute atomic E-state index is 12.6. The summed E-state index contributed by atoms with van der Waals surface area (Å²) in [5.74, 6) is -0.169. The second-order valence-corrected chi connectivity index (χ2v) is 5.56. The van der Waals surface area contributed by atoms with E-state index in [2.05, 4.69) is 15.0 Å². The summed E-state index contributed by atoms with van der Waals surface area (Å²) >= 11 is 0. The van der Waals surface area contributed by atoms with Gasteiger partial charge < -0.3 is 14.8 Å². The lowest BCUT2D eigenvalue weighted by Crippen LogP contribution is -2.30. The number of hydrogen-bond acceptors (Lipinski definition) is 5. The number of carbonyl (C=O) groups excluding carboxylic acids is 2. The standard InChI is InChI=1S/C20H18N2O4/c1-25-14-7-5-6-13(10-14)18-11-16(20(24)21-12-19(23)26-2)15-8-3-4-9-17(15)22-18/h3-11H,12H2,1-2H3,(H,21,24). The summed E-state index contributed by atoms with van der Waals surface area (Å²) in [6.45, 7) is -0.194. The van der Waals surface area contributed by atoms with Gasteiger partial charge in [-0.15, -0.1) is 0 Å². The number of para-hydroxylation sites is 1. The minimum atomic E-state index is -0.510. The van der Waals surface area contributed by atoms with Crippen LogP contribution in [0.2, 0.25) is 0 Å². The van der Waals surface area contributed by atoms with Crippen molar-refractivity contribution in [2.75, 3.05) is 20.8 Å². The molecule has 0 saturated carbocycles. The van der Waals surface area contributed by atoms with Gasteiger partial charge in [0.25, 0.3) is 5.91 Å². The summed E-state index contributed by atoms with van der Waals surface area (Å²) in [6.07, 6.45) is 0. The quantitative estimate of drug-likeness (QED) is 0.716. The Morgan fingerprint density at radius 2 is 1.85 bits per heavy atom. The zero-order valence-corrected chi connectivity index (χ0v) is 14.5. The molecule has 6 nitrogen and oxygen atoms in total. The Morgan fingerprint density at radius 1 is 1.04 bits per heavy atom. The van der Waals surface area contributed by atoms with E-state index in [4.69, 9.17) is 4.74 Å². The number of pyridine rings is 1. The molecule has 0 bridgehead atoms. The predicted molar refractivity (Wildman–Crippen MR) is 98.1 cm³/mol.